The monoisotopic (exact) mass is 277 g/mol. The van der Waals surface area contributed by atoms with Gasteiger partial charge < -0.3 is 5.32 Å². The van der Waals surface area contributed by atoms with Crippen molar-refractivity contribution in [2.75, 3.05) is 7.05 Å². The van der Waals surface area contributed by atoms with Gasteiger partial charge in [-0.2, -0.15) is 11.3 Å². The summed E-state index contributed by atoms with van der Waals surface area (Å²) in [5, 5.41) is 7.69. The van der Waals surface area contributed by atoms with Gasteiger partial charge in [-0.15, -0.1) is 0 Å². The molecule has 0 amide bonds. The number of rotatable bonds is 5. The highest BCUT2D eigenvalue weighted by molar-refractivity contribution is 7.07. The summed E-state index contributed by atoms with van der Waals surface area (Å²) in [7, 11) is 1.99. The van der Waals surface area contributed by atoms with Crippen LogP contribution in [0.15, 0.2) is 41.1 Å². The highest BCUT2D eigenvalue weighted by Crippen LogP contribution is 2.29. The lowest BCUT2D eigenvalue weighted by atomic mass is 9.75. The molecule has 0 bridgehead atoms. The minimum atomic E-state index is -0.182. The van der Waals surface area contributed by atoms with Gasteiger partial charge in [-0.3, -0.25) is 0 Å². The number of nitrogens with one attached hydrogen (secondary N) is 1. The topological polar surface area (TPSA) is 12.0 Å². The molecule has 0 saturated heterocycles. The van der Waals surface area contributed by atoms with Crippen LogP contribution in [0.4, 0.5) is 4.39 Å². The Hall–Kier alpha value is -1.19. The van der Waals surface area contributed by atoms with Crippen molar-refractivity contribution >= 4 is 11.3 Å². The predicted octanol–water partition coefficient (Wildman–Crippen LogP) is 4.00. The van der Waals surface area contributed by atoms with Gasteiger partial charge in [0.05, 0.1) is 0 Å². The first-order chi connectivity index (χ1) is 9.04. The molecule has 1 aromatic carbocycles. The van der Waals surface area contributed by atoms with Crippen molar-refractivity contribution in [2.45, 2.75) is 31.7 Å². The number of likely N-dealkylation sites (N-methyl/N-ethyl adjacent to an activating group) is 1. The number of halogens is 1. The zero-order valence-electron chi connectivity index (χ0n) is 11.6. The van der Waals surface area contributed by atoms with Gasteiger partial charge in [-0.25, -0.2) is 4.39 Å². The van der Waals surface area contributed by atoms with Gasteiger partial charge in [-0.05, 0) is 53.6 Å². The van der Waals surface area contributed by atoms with E-state index in [-0.39, 0.29) is 11.2 Å². The maximum absolute atomic E-state index is 13.0. The largest absolute Gasteiger partial charge is 0.316 e. The summed E-state index contributed by atoms with van der Waals surface area (Å²) in [6.45, 7) is 4.40. The second-order valence-electron chi connectivity index (χ2n) is 5.41. The van der Waals surface area contributed by atoms with Gasteiger partial charge in [0.1, 0.15) is 5.82 Å². The van der Waals surface area contributed by atoms with E-state index in [4.69, 9.17) is 0 Å². The Labute approximate surface area is 118 Å². The molecule has 0 saturated carbocycles. The van der Waals surface area contributed by atoms with Gasteiger partial charge in [0.15, 0.2) is 0 Å². The summed E-state index contributed by atoms with van der Waals surface area (Å²) < 4.78 is 13.0. The third-order valence-electron chi connectivity index (χ3n) is 3.83. The fourth-order valence-corrected chi connectivity index (χ4v) is 3.12. The van der Waals surface area contributed by atoms with Crippen LogP contribution in [0.3, 0.4) is 0 Å². The van der Waals surface area contributed by atoms with E-state index in [2.05, 4.69) is 36.0 Å². The molecule has 0 radical (unpaired) electrons. The molecule has 0 aliphatic heterocycles. The van der Waals surface area contributed by atoms with Crippen LogP contribution in [0.1, 0.15) is 25.0 Å². The Balaban J connectivity index is 2.22. The zero-order valence-corrected chi connectivity index (χ0v) is 12.4. The first-order valence-corrected chi connectivity index (χ1v) is 7.42. The third-order valence-corrected chi connectivity index (χ3v) is 4.56. The first kappa shape index (κ1) is 14.2. The van der Waals surface area contributed by atoms with E-state index in [1.54, 1.807) is 11.3 Å². The Morgan fingerprint density at radius 3 is 2.42 bits per heavy atom. The molecular formula is C16H20FNS. The van der Waals surface area contributed by atoms with Crippen molar-refractivity contribution in [3.05, 3.63) is 58.0 Å². The summed E-state index contributed by atoms with van der Waals surface area (Å²) in [6.07, 6.45) is 0.977. The Morgan fingerprint density at radius 2 is 1.89 bits per heavy atom. The minimum absolute atomic E-state index is 0.0512. The van der Waals surface area contributed by atoms with Gasteiger partial charge in [0.25, 0.3) is 0 Å². The summed E-state index contributed by atoms with van der Waals surface area (Å²) in [6, 6.07) is 9.31. The van der Waals surface area contributed by atoms with Crippen LogP contribution in [0.25, 0.3) is 0 Å². The Morgan fingerprint density at radius 1 is 1.21 bits per heavy atom. The standard InChI is InChI=1S/C16H20FNS/c1-16(2,13-4-6-14(17)7-5-13)15(18-3)10-12-8-9-19-11-12/h4-9,11,15,18H,10H2,1-3H3. The SMILES string of the molecule is CNC(Cc1ccsc1)C(C)(C)c1ccc(F)cc1. The normalized spacial score (nSPS) is 13.5. The molecule has 2 rings (SSSR count). The van der Waals surface area contributed by atoms with Gasteiger partial charge in [0, 0.05) is 11.5 Å². The van der Waals surface area contributed by atoms with Crippen LogP contribution in [0.2, 0.25) is 0 Å². The van der Waals surface area contributed by atoms with Crippen LogP contribution in [-0.4, -0.2) is 13.1 Å². The minimum Gasteiger partial charge on any atom is -0.316 e. The Bertz CT molecular complexity index is 502. The molecule has 2 aromatic rings. The maximum Gasteiger partial charge on any atom is 0.123 e. The molecule has 1 N–H and O–H groups in total. The van der Waals surface area contributed by atoms with Crippen molar-refractivity contribution in [3.63, 3.8) is 0 Å². The van der Waals surface area contributed by atoms with Crippen molar-refractivity contribution in [2.24, 2.45) is 0 Å². The number of thiophene rings is 1. The molecule has 0 fully saturated rings. The van der Waals surface area contributed by atoms with Gasteiger partial charge in [-0.1, -0.05) is 26.0 Å². The lowest BCUT2D eigenvalue weighted by Crippen LogP contribution is -2.44. The van der Waals surface area contributed by atoms with E-state index in [1.165, 1.54) is 17.7 Å². The van der Waals surface area contributed by atoms with Crippen LogP contribution >= 0.6 is 11.3 Å². The van der Waals surface area contributed by atoms with Crippen LogP contribution in [-0.2, 0) is 11.8 Å². The third kappa shape index (κ3) is 3.23. The Kier molecular flexibility index (Phi) is 4.38. The van der Waals surface area contributed by atoms with Crippen molar-refractivity contribution in [1.29, 1.82) is 0 Å². The molecule has 1 nitrogen and oxygen atoms in total. The summed E-state index contributed by atoms with van der Waals surface area (Å²) in [5.41, 5.74) is 2.45. The van der Waals surface area contributed by atoms with Gasteiger partial charge in [0.2, 0.25) is 0 Å². The van der Waals surface area contributed by atoms with E-state index in [0.29, 0.717) is 6.04 Å². The number of benzene rings is 1. The fourth-order valence-electron chi connectivity index (χ4n) is 2.44. The zero-order chi connectivity index (χ0) is 13.9. The molecule has 3 heteroatoms. The molecule has 0 aliphatic rings. The fraction of sp³-hybridized carbons (Fsp3) is 0.375. The second kappa shape index (κ2) is 5.85. The van der Waals surface area contributed by atoms with Crippen LogP contribution in [0, 0.1) is 5.82 Å². The van der Waals surface area contributed by atoms with Crippen molar-refractivity contribution < 1.29 is 4.39 Å². The number of hydrogen-bond acceptors (Lipinski definition) is 2. The summed E-state index contributed by atoms with van der Waals surface area (Å²) >= 11 is 1.72. The average Bonchev–Trinajstić information content (AvgIpc) is 2.89. The first-order valence-electron chi connectivity index (χ1n) is 6.48. The number of hydrogen-bond donors (Lipinski definition) is 1. The van der Waals surface area contributed by atoms with E-state index in [9.17, 15) is 4.39 Å². The molecule has 0 spiro atoms. The van der Waals surface area contributed by atoms with Gasteiger partial charge >= 0.3 is 0 Å². The molecule has 19 heavy (non-hydrogen) atoms. The maximum atomic E-state index is 13.0. The lowest BCUT2D eigenvalue weighted by Gasteiger charge is -2.35. The van der Waals surface area contributed by atoms with E-state index in [1.807, 2.05) is 19.2 Å². The molecule has 1 atom stereocenters. The van der Waals surface area contributed by atoms with Crippen molar-refractivity contribution in [3.8, 4) is 0 Å². The predicted molar refractivity (Wildman–Crippen MR) is 80.3 cm³/mol. The lowest BCUT2D eigenvalue weighted by molar-refractivity contribution is 0.356. The quantitative estimate of drug-likeness (QED) is 0.871. The van der Waals surface area contributed by atoms with Crippen LogP contribution < -0.4 is 5.32 Å². The van der Waals surface area contributed by atoms with Crippen LogP contribution in [0.5, 0.6) is 0 Å². The molecule has 102 valence electrons. The molecule has 1 unspecified atom stereocenters. The molecular weight excluding hydrogens is 257 g/mol. The van der Waals surface area contributed by atoms with Crippen molar-refractivity contribution in [1.82, 2.24) is 5.32 Å². The van der Waals surface area contributed by atoms with E-state index < -0.39 is 0 Å². The smallest absolute Gasteiger partial charge is 0.123 e. The molecule has 1 heterocycles. The summed E-state index contributed by atoms with van der Waals surface area (Å²) in [4.78, 5) is 0. The average molecular weight is 277 g/mol. The second-order valence-corrected chi connectivity index (χ2v) is 6.19. The summed E-state index contributed by atoms with van der Waals surface area (Å²) in [5.74, 6) is -0.182. The molecule has 0 aliphatic carbocycles. The van der Waals surface area contributed by atoms with E-state index >= 15 is 0 Å². The highest BCUT2D eigenvalue weighted by atomic mass is 32.1. The highest BCUT2D eigenvalue weighted by Gasteiger charge is 2.30. The van der Waals surface area contributed by atoms with E-state index in [0.717, 1.165) is 12.0 Å². The molecule has 1 aromatic heterocycles.